The van der Waals surface area contributed by atoms with Gasteiger partial charge in [-0.2, -0.15) is 0 Å². The van der Waals surface area contributed by atoms with E-state index in [-0.39, 0.29) is 17.7 Å². The number of hydrogen-bond donors (Lipinski definition) is 0. The van der Waals surface area contributed by atoms with Crippen LogP contribution < -0.4 is 19.6 Å². The molecule has 0 spiro atoms. The van der Waals surface area contributed by atoms with Gasteiger partial charge < -0.3 is 14.0 Å². The fourth-order valence-corrected chi connectivity index (χ4v) is 7.63. The van der Waals surface area contributed by atoms with Crippen molar-refractivity contribution in [2.75, 3.05) is 13.7 Å². The number of thiazole rings is 1. The number of methoxy groups -OCH3 is 1. The maximum atomic E-state index is 14.7. The summed E-state index contributed by atoms with van der Waals surface area (Å²) in [6.07, 6.45) is 1.91. The lowest BCUT2D eigenvalue weighted by Crippen LogP contribution is -2.40. The highest BCUT2D eigenvalue weighted by Crippen LogP contribution is 2.42. The monoisotopic (exact) mass is 673 g/mol. The number of fused-ring (bicyclic) bond motifs is 2. The lowest BCUT2D eigenvalue weighted by Gasteiger charge is -2.28. The number of nitrogens with zero attached hydrogens (tertiary/aromatic N) is 3. The van der Waals surface area contributed by atoms with Gasteiger partial charge in [0.1, 0.15) is 11.8 Å². The highest BCUT2D eigenvalue weighted by atomic mass is 35.5. The van der Waals surface area contributed by atoms with E-state index in [9.17, 15) is 9.59 Å². The van der Waals surface area contributed by atoms with Crippen molar-refractivity contribution in [2.45, 2.75) is 26.8 Å². The Bertz CT molecular complexity index is 2420. The fraction of sp³-hybridized carbons (Fsp3) is 0.154. The fourth-order valence-electron chi connectivity index (χ4n) is 6.51. The molecule has 1 atom stereocenters. The Morgan fingerprint density at radius 3 is 2.44 bits per heavy atom. The van der Waals surface area contributed by atoms with Gasteiger partial charge in [0.25, 0.3) is 5.56 Å². The Morgan fingerprint density at radius 1 is 0.979 bits per heavy atom. The van der Waals surface area contributed by atoms with Gasteiger partial charge in [0.15, 0.2) is 4.80 Å². The molecule has 6 aromatic rings. The number of hydrogen-bond acceptors (Lipinski definition) is 6. The zero-order valence-electron chi connectivity index (χ0n) is 26.9. The normalized spacial score (nSPS) is 14.6. The molecule has 1 aliphatic heterocycles. The van der Waals surface area contributed by atoms with E-state index < -0.39 is 12.0 Å². The molecule has 48 heavy (non-hydrogen) atoms. The van der Waals surface area contributed by atoms with Crippen LogP contribution in [0, 0.1) is 13.8 Å². The van der Waals surface area contributed by atoms with Crippen LogP contribution in [-0.4, -0.2) is 28.8 Å². The Morgan fingerprint density at radius 2 is 1.71 bits per heavy atom. The molecule has 0 saturated heterocycles. The average molecular weight is 674 g/mol. The van der Waals surface area contributed by atoms with Crippen molar-refractivity contribution in [2.24, 2.45) is 4.99 Å². The molecule has 0 N–H and O–H groups in total. The number of esters is 1. The summed E-state index contributed by atoms with van der Waals surface area (Å²) >= 11 is 7.46. The van der Waals surface area contributed by atoms with Gasteiger partial charge in [-0.25, -0.2) is 9.79 Å². The molecule has 0 aliphatic carbocycles. The Labute approximate surface area is 286 Å². The molecule has 0 saturated carbocycles. The highest BCUT2D eigenvalue weighted by Gasteiger charge is 2.37. The van der Waals surface area contributed by atoms with Crippen molar-refractivity contribution in [1.82, 2.24) is 9.13 Å². The van der Waals surface area contributed by atoms with E-state index >= 15 is 0 Å². The number of halogens is 1. The first kappa shape index (κ1) is 31.4. The first-order valence-electron chi connectivity index (χ1n) is 15.6. The van der Waals surface area contributed by atoms with Crippen molar-refractivity contribution in [3.8, 4) is 11.4 Å². The van der Waals surface area contributed by atoms with E-state index in [0.29, 0.717) is 31.4 Å². The summed E-state index contributed by atoms with van der Waals surface area (Å²) in [5.74, 6) is 0.0109. The highest BCUT2D eigenvalue weighted by molar-refractivity contribution is 7.07. The predicted molar refractivity (Wildman–Crippen MR) is 192 cm³/mol. The summed E-state index contributed by atoms with van der Waals surface area (Å²) in [6.45, 7) is 5.99. The van der Waals surface area contributed by atoms with E-state index in [1.165, 1.54) is 11.3 Å². The molecule has 0 radical (unpaired) electrons. The van der Waals surface area contributed by atoms with Gasteiger partial charge in [0.2, 0.25) is 0 Å². The van der Waals surface area contributed by atoms with Gasteiger partial charge in [0, 0.05) is 33.2 Å². The van der Waals surface area contributed by atoms with Crippen LogP contribution in [0.25, 0.3) is 28.2 Å². The zero-order valence-corrected chi connectivity index (χ0v) is 28.4. The van der Waals surface area contributed by atoms with E-state index in [1.54, 1.807) is 18.6 Å². The van der Waals surface area contributed by atoms with Crippen LogP contribution in [0.3, 0.4) is 0 Å². The van der Waals surface area contributed by atoms with Crippen LogP contribution in [0.15, 0.2) is 112 Å². The maximum absolute atomic E-state index is 14.7. The second kappa shape index (κ2) is 12.8. The molecule has 0 amide bonds. The van der Waals surface area contributed by atoms with Crippen molar-refractivity contribution >= 4 is 51.5 Å². The van der Waals surface area contributed by atoms with Crippen LogP contribution in [-0.2, 0) is 9.53 Å². The number of carbonyl (C=O) groups is 1. The van der Waals surface area contributed by atoms with Gasteiger partial charge >= 0.3 is 5.97 Å². The number of carbonyl (C=O) groups excluding carboxylic acids is 1. The SMILES string of the molecule is CCOC(=O)C1=C(c2ccccc2)N=c2sc(=Cc3cc(C)n(-c4ccc(Cl)cc4)c3C)c(=O)n2C1c1c(OC)ccc2ccccc12. The molecular weight excluding hydrogens is 642 g/mol. The first-order chi connectivity index (χ1) is 23.3. The topological polar surface area (TPSA) is 74.8 Å². The summed E-state index contributed by atoms with van der Waals surface area (Å²) in [4.78, 5) is 34.2. The van der Waals surface area contributed by atoms with Gasteiger partial charge in [0.05, 0.1) is 29.5 Å². The standard InChI is InChI=1S/C39H32ClN3O4S/c1-5-47-38(45)34-35(26-12-7-6-8-13-26)41-39-43(36(34)33-30-14-10-9-11-25(30)15-20-31(33)46-4)37(44)32(48-39)22-27-21-23(2)42(24(27)3)29-18-16-28(40)17-19-29/h6-22,36H,5H2,1-4H3. The van der Waals surface area contributed by atoms with Crippen LogP contribution >= 0.6 is 22.9 Å². The van der Waals surface area contributed by atoms with Crippen LogP contribution in [0.2, 0.25) is 5.02 Å². The van der Waals surface area contributed by atoms with E-state index in [4.69, 9.17) is 26.1 Å². The summed E-state index contributed by atoms with van der Waals surface area (Å²) < 4.78 is 15.9. The lowest BCUT2D eigenvalue weighted by atomic mass is 9.89. The summed E-state index contributed by atoms with van der Waals surface area (Å²) in [5.41, 5.74) is 5.78. The summed E-state index contributed by atoms with van der Waals surface area (Å²) in [5, 5.41) is 2.47. The number of ether oxygens (including phenoxy) is 2. The third-order valence-corrected chi connectivity index (χ3v) is 9.87. The third-order valence-electron chi connectivity index (χ3n) is 8.64. The number of benzene rings is 4. The van der Waals surface area contributed by atoms with Crippen LogP contribution in [0.4, 0.5) is 0 Å². The molecule has 7 rings (SSSR count). The molecule has 1 aliphatic rings. The van der Waals surface area contributed by atoms with Crippen LogP contribution in [0.5, 0.6) is 5.75 Å². The van der Waals surface area contributed by atoms with Crippen LogP contribution in [0.1, 0.15) is 41.0 Å². The minimum absolute atomic E-state index is 0.164. The predicted octanol–water partition coefficient (Wildman–Crippen LogP) is 7.16. The van der Waals surface area contributed by atoms with E-state index in [0.717, 1.165) is 39.0 Å². The Kier molecular flexibility index (Phi) is 8.37. The van der Waals surface area contributed by atoms with Crippen molar-refractivity contribution < 1.29 is 14.3 Å². The quantitative estimate of drug-likeness (QED) is 0.169. The average Bonchev–Trinajstić information content (AvgIpc) is 3.57. The maximum Gasteiger partial charge on any atom is 0.338 e. The van der Waals surface area contributed by atoms with Gasteiger partial charge in [-0.05, 0) is 79.6 Å². The zero-order chi connectivity index (χ0) is 33.5. The second-order valence-electron chi connectivity index (χ2n) is 11.5. The van der Waals surface area contributed by atoms with Gasteiger partial charge in [-0.3, -0.25) is 9.36 Å². The van der Waals surface area contributed by atoms with Gasteiger partial charge in [-0.1, -0.05) is 83.6 Å². The largest absolute Gasteiger partial charge is 0.496 e. The second-order valence-corrected chi connectivity index (χ2v) is 12.9. The minimum Gasteiger partial charge on any atom is -0.496 e. The van der Waals surface area contributed by atoms with Crippen molar-refractivity contribution in [3.63, 3.8) is 0 Å². The van der Waals surface area contributed by atoms with Gasteiger partial charge in [-0.15, -0.1) is 0 Å². The number of aryl methyl sites for hydroxylation is 1. The molecular formula is C39H32ClN3O4S. The molecule has 9 heteroatoms. The third kappa shape index (κ3) is 5.37. The Hall–Kier alpha value is -5.18. The summed E-state index contributed by atoms with van der Waals surface area (Å²) in [7, 11) is 1.60. The van der Waals surface area contributed by atoms with E-state index in [1.807, 2.05) is 111 Å². The number of aromatic nitrogens is 2. The van der Waals surface area contributed by atoms with Crippen molar-refractivity contribution in [1.29, 1.82) is 0 Å². The lowest BCUT2D eigenvalue weighted by molar-refractivity contribution is -0.138. The molecule has 2 aromatic heterocycles. The molecule has 1 unspecified atom stereocenters. The molecule has 0 fully saturated rings. The smallest absolute Gasteiger partial charge is 0.338 e. The molecule has 240 valence electrons. The van der Waals surface area contributed by atoms with E-state index in [2.05, 4.69) is 10.6 Å². The molecule has 0 bridgehead atoms. The minimum atomic E-state index is -0.875. The first-order valence-corrected chi connectivity index (χ1v) is 16.8. The molecule has 3 heterocycles. The Balaban J connectivity index is 1.54. The molecule has 7 nitrogen and oxygen atoms in total. The molecule has 4 aromatic carbocycles. The summed E-state index contributed by atoms with van der Waals surface area (Å²) in [6, 6.07) is 30.1. The number of rotatable bonds is 7. The van der Waals surface area contributed by atoms with Crippen molar-refractivity contribution in [3.05, 3.63) is 155 Å².